The Kier molecular flexibility index (Phi) is 6.77. The van der Waals surface area contributed by atoms with Gasteiger partial charge in [0.15, 0.2) is 0 Å². The SMILES string of the molecule is CCCNC(=O)C(C)NC(=O)C(CC)c1ccccc1. The summed E-state index contributed by atoms with van der Waals surface area (Å²) in [4.78, 5) is 24.0. The smallest absolute Gasteiger partial charge is 0.242 e. The van der Waals surface area contributed by atoms with Crippen molar-refractivity contribution in [3.05, 3.63) is 35.9 Å². The van der Waals surface area contributed by atoms with E-state index in [0.29, 0.717) is 13.0 Å². The first-order chi connectivity index (χ1) is 9.60. The molecule has 1 aromatic rings. The van der Waals surface area contributed by atoms with Crippen molar-refractivity contribution >= 4 is 11.8 Å². The molecule has 2 amide bonds. The van der Waals surface area contributed by atoms with E-state index in [2.05, 4.69) is 10.6 Å². The van der Waals surface area contributed by atoms with E-state index in [9.17, 15) is 9.59 Å². The molecule has 4 nitrogen and oxygen atoms in total. The van der Waals surface area contributed by atoms with Crippen molar-refractivity contribution in [2.75, 3.05) is 6.54 Å². The molecule has 0 saturated heterocycles. The van der Waals surface area contributed by atoms with Gasteiger partial charge in [0.25, 0.3) is 0 Å². The standard InChI is InChI=1S/C16H24N2O2/c1-4-11-17-15(19)12(3)18-16(20)14(5-2)13-9-7-6-8-10-13/h6-10,12,14H,4-5,11H2,1-3H3,(H,17,19)(H,18,20). The lowest BCUT2D eigenvalue weighted by Crippen LogP contribution is -2.46. The third-order valence-electron chi connectivity index (χ3n) is 3.23. The van der Waals surface area contributed by atoms with Crippen LogP contribution >= 0.6 is 0 Å². The zero-order valence-electron chi connectivity index (χ0n) is 12.5. The molecule has 0 fully saturated rings. The molecule has 0 radical (unpaired) electrons. The summed E-state index contributed by atoms with van der Waals surface area (Å²) < 4.78 is 0. The molecule has 110 valence electrons. The Morgan fingerprint density at radius 2 is 1.75 bits per heavy atom. The molecule has 0 saturated carbocycles. The fraction of sp³-hybridized carbons (Fsp3) is 0.500. The number of benzene rings is 1. The number of carbonyl (C=O) groups is 2. The van der Waals surface area contributed by atoms with Crippen LogP contribution in [0.5, 0.6) is 0 Å². The van der Waals surface area contributed by atoms with Crippen LogP contribution in [0, 0.1) is 0 Å². The third-order valence-corrected chi connectivity index (χ3v) is 3.23. The zero-order chi connectivity index (χ0) is 15.0. The first-order valence-electron chi connectivity index (χ1n) is 7.23. The Morgan fingerprint density at radius 1 is 1.10 bits per heavy atom. The summed E-state index contributed by atoms with van der Waals surface area (Å²) in [5.74, 6) is -0.446. The fourth-order valence-electron chi connectivity index (χ4n) is 2.04. The van der Waals surface area contributed by atoms with Crippen LogP contribution in [0.25, 0.3) is 0 Å². The fourth-order valence-corrected chi connectivity index (χ4v) is 2.04. The lowest BCUT2D eigenvalue weighted by molar-refractivity contribution is -0.129. The van der Waals surface area contributed by atoms with Gasteiger partial charge in [0, 0.05) is 6.54 Å². The van der Waals surface area contributed by atoms with Crippen molar-refractivity contribution in [2.24, 2.45) is 0 Å². The molecule has 0 aliphatic carbocycles. The number of amides is 2. The maximum absolute atomic E-state index is 12.3. The summed E-state index contributed by atoms with van der Waals surface area (Å²) in [6, 6.07) is 9.14. The minimum absolute atomic E-state index is 0.0992. The van der Waals surface area contributed by atoms with Crippen molar-refractivity contribution < 1.29 is 9.59 Å². The van der Waals surface area contributed by atoms with Crippen LogP contribution in [0.1, 0.15) is 45.1 Å². The second-order valence-electron chi connectivity index (χ2n) is 4.89. The van der Waals surface area contributed by atoms with Crippen molar-refractivity contribution in [3.8, 4) is 0 Å². The molecule has 0 aliphatic heterocycles. The number of hydrogen-bond acceptors (Lipinski definition) is 2. The van der Waals surface area contributed by atoms with Gasteiger partial charge in [-0.25, -0.2) is 0 Å². The predicted molar refractivity (Wildman–Crippen MR) is 80.4 cm³/mol. The van der Waals surface area contributed by atoms with Gasteiger partial charge in [-0.1, -0.05) is 44.2 Å². The first kappa shape index (κ1) is 16.2. The van der Waals surface area contributed by atoms with Crippen molar-refractivity contribution in [2.45, 2.75) is 45.6 Å². The second-order valence-corrected chi connectivity index (χ2v) is 4.89. The van der Waals surface area contributed by atoms with Crippen LogP contribution in [0.4, 0.5) is 0 Å². The van der Waals surface area contributed by atoms with Gasteiger partial charge in [-0.3, -0.25) is 9.59 Å². The van der Waals surface area contributed by atoms with Gasteiger partial charge in [-0.15, -0.1) is 0 Å². The number of rotatable bonds is 7. The van der Waals surface area contributed by atoms with E-state index in [1.54, 1.807) is 6.92 Å². The maximum Gasteiger partial charge on any atom is 0.242 e. The largest absolute Gasteiger partial charge is 0.354 e. The molecule has 2 atom stereocenters. The number of hydrogen-bond donors (Lipinski definition) is 2. The van der Waals surface area contributed by atoms with Crippen molar-refractivity contribution in [1.82, 2.24) is 10.6 Å². The Labute approximate surface area is 121 Å². The minimum Gasteiger partial charge on any atom is -0.354 e. The van der Waals surface area contributed by atoms with Crippen LogP contribution in [0.2, 0.25) is 0 Å². The predicted octanol–water partition coefficient (Wildman–Crippen LogP) is 2.21. The van der Waals surface area contributed by atoms with Crippen LogP contribution in [0.15, 0.2) is 30.3 Å². The molecule has 0 aromatic heterocycles. The van der Waals surface area contributed by atoms with Gasteiger partial charge < -0.3 is 10.6 Å². The topological polar surface area (TPSA) is 58.2 Å². The molecular weight excluding hydrogens is 252 g/mol. The molecule has 0 aliphatic rings. The molecule has 1 rings (SSSR count). The molecule has 2 unspecified atom stereocenters. The van der Waals surface area contributed by atoms with Gasteiger partial charge >= 0.3 is 0 Å². The maximum atomic E-state index is 12.3. The van der Waals surface area contributed by atoms with E-state index >= 15 is 0 Å². The number of carbonyl (C=O) groups excluding carboxylic acids is 2. The molecule has 1 aromatic carbocycles. The Balaban J connectivity index is 2.62. The highest BCUT2D eigenvalue weighted by molar-refractivity contribution is 5.90. The van der Waals surface area contributed by atoms with E-state index in [4.69, 9.17) is 0 Å². The highest BCUT2D eigenvalue weighted by Crippen LogP contribution is 2.19. The molecule has 0 bridgehead atoms. The van der Waals surface area contributed by atoms with Crippen LogP contribution in [-0.2, 0) is 9.59 Å². The van der Waals surface area contributed by atoms with Gasteiger partial charge in [-0.2, -0.15) is 0 Å². The van der Waals surface area contributed by atoms with E-state index in [1.807, 2.05) is 44.2 Å². The van der Waals surface area contributed by atoms with E-state index in [-0.39, 0.29) is 17.7 Å². The highest BCUT2D eigenvalue weighted by atomic mass is 16.2. The van der Waals surface area contributed by atoms with Crippen LogP contribution in [-0.4, -0.2) is 24.4 Å². The average Bonchev–Trinajstić information content (AvgIpc) is 2.46. The molecule has 4 heteroatoms. The Hall–Kier alpha value is -1.84. The Morgan fingerprint density at radius 3 is 2.30 bits per heavy atom. The van der Waals surface area contributed by atoms with E-state index in [1.165, 1.54) is 0 Å². The lowest BCUT2D eigenvalue weighted by atomic mass is 9.95. The van der Waals surface area contributed by atoms with Gasteiger partial charge in [0.05, 0.1) is 5.92 Å². The van der Waals surface area contributed by atoms with Gasteiger partial charge in [0.1, 0.15) is 6.04 Å². The molecule has 0 heterocycles. The van der Waals surface area contributed by atoms with Gasteiger partial charge in [0.2, 0.25) is 11.8 Å². The van der Waals surface area contributed by atoms with E-state index in [0.717, 1.165) is 12.0 Å². The lowest BCUT2D eigenvalue weighted by Gasteiger charge is -2.19. The van der Waals surface area contributed by atoms with Crippen molar-refractivity contribution in [1.29, 1.82) is 0 Å². The summed E-state index contributed by atoms with van der Waals surface area (Å²) in [7, 11) is 0. The summed E-state index contributed by atoms with van der Waals surface area (Å²) in [6.45, 7) is 6.31. The highest BCUT2D eigenvalue weighted by Gasteiger charge is 2.22. The molecule has 20 heavy (non-hydrogen) atoms. The molecular formula is C16H24N2O2. The van der Waals surface area contributed by atoms with Crippen LogP contribution in [0.3, 0.4) is 0 Å². The van der Waals surface area contributed by atoms with E-state index < -0.39 is 6.04 Å². The molecule has 0 spiro atoms. The summed E-state index contributed by atoms with van der Waals surface area (Å²) in [5.41, 5.74) is 0.980. The Bertz CT molecular complexity index is 431. The monoisotopic (exact) mass is 276 g/mol. The first-order valence-corrected chi connectivity index (χ1v) is 7.23. The van der Waals surface area contributed by atoms with Crippen LogP contribution < -0.4 is 10.6 Å². The number of nitrogens with one attached hydrogen (secondary N) is 2. The normalized spacial score (nSPS) is 13.3. The minimum atomic E-state index is -0.508. The zero-order valence-corrected chi connectivity index (χ0v) is 12.5. The molecule has 2 N–H and O–H groups in total. The van der Waals surface area contributed by atoms with Crippen molar-refractivity contribution in [3.63, 3.8) is 0 Å². The second kappa shape index (κ2) is 8.35. The average molecular weight is 276 g/mol. The third kappa shape index (κ3) is 4.68. The summed E-state index contributed by atoms with van der Waals surface area (Å²) in [5, 5.41) is 5.57. The van der Waals surface area contributed by atoms with Gasteiger partial charge in [-0.05, 0) is 25.3 Å². The summed E-state index contributed by atoms with van der Waals surface area (Å²) >= 11 is 0. The summed E-state index contributed by atoms with van der Waals surface area (Å²) in [6.07, 6.45) is 1.59. The quantitative estimate of drug-likeness (QED) is 0.802.